The molecule has 1 aliphatic rings. The van der Waals surface area contributed by atoms with Crippen molar-refractivity contribution in [3.8, 4) is 5.75 Å². The number of aryl methyl sites for hydroxylation is 1. The molecule has 1 atom stereocenters. The molecule has 1 aromatic heterocycles. The fourth-order valence-corrected chi connectivity index (χ4v) is 3.17. The van der Waals surface area contributed by atoms with Crippen molar-refractivity contribution < 1.29 is 4.74 Å². The maximum atomic E-state index is 5.86. The van der Waals surface area contributed by atoms with Gasteiger partial charge in [-0.3, -0.25) is 4.68 Å². The minimum atomic E-state index is 0.669. The Hall–Kier alpha value is -1.81. The van der Waals surface area contributed by atoms with Gasteiger partial charge in [-0.15, -0.1) is 0 Å². The lowest BCUT2D eigenvalue weighted by atomic mass is 9.96. The van der Waals surface area contributed by atoms with E-state index in [0.29, 0.717) is 5.92 Å². The van der Waals surface area contributed by atoms with E-state index in [4.69, 9.17) is 4.74 Å². The second-order valence-electron chi connectivity index (χ2n) is 6.35. The van der Waals surface area contributed by atoms with Crippen LogP contribution in [0.1, 0.15) is 17.5 Å². The first-order valence-corrected chi connectivity index (χ1v) is 8.07. The monoisotopic (exact) mass is 299 g/mol. The molecule has 0 spiro atoms. The lowest BCUT2D eigenvalue weighted by Crippen LogP contribution is -2.29. The zero-order chi connectivity index (χ0) is 15.4. The largest absolute Gasteiger partial charge is 0.493 e. The first kappa shape index (κ1) is 15.1. The average molecular weight is 299 g/mol. The van der Waals surface area contributed by atoms with Crippen LogP contribution in [0.3, 0.4) is 0 Å². The molecule has 0 unspecified atom stereocenters. The van der Waals surface area contributed by atoms with E-state index in [1.807, 2.05) is 17.9 Å². The van der Waals surface area contributed by atoms with Gasteiger partial charge in [-0.2, -0.15) is 5.10 Å². The predicted molar refractivity (Wildman–Crippen MR) is 88.2 cm³/mol. The number of hydrogen-bond donors (Lipinski definition) is 0. The maximum Gasteiger partial charge on any atom is 0.122 e. The number of aromatic nitrogens is 2. The van der Waals surface area contributed by atoms with Crippen molar-refractivity contribution in [2.45, 2.75) is 19.3 Å². The van der Waals surface area contributed by atoms with Gasteiger partial charge in [-0.1, -0.05) is 18.2 Å². The minimum absolute atomic E-state index is 0.669. The van der Waals surface area contributed by atoms with Crippen LogP contribution in [0, 0.1) is 5.92 Å². The molecule has 0 aliphatic carbocycles. The van der Waals surface area contributed by atoms with Crippen LogP contribution in [0.4, 0.5) is 0 Å². The number of para-hydroxylation sites is 1. The topological polar surface area (TPSA) is 30.3 Å². The molecule has 2 heterocycles. The van der Waals surface area contributed by atoms with Crippen LogP contribution in [0.5, 0.6) is 5.75 Å². The quantitative estimate of drug-likeness (QED) is 0.850. The second-order valence-corrected chi connectivity index (χ2v) is 6.35. The van der Waals surface area contributed by atoms with Gasteiger partial charge in [-0.25, -0.2) is 0 Å². The molecule has 0 N–H and O–H groups in total. The van der Waals surface area contributed by atoms with Gasteiger partial charge in [-0.05, 0) is 49.4 Å². The first-order valence-electron chi connectivity index (χ1n) is 8.07. The minimum Gasteiger partial charge on any atom is -0.493 e. The van der Waals surface area contributed by atoms with Gasteiger partial charge >= 0.3 is 0 Å². The summed E-state index contributed by atoms with van der Waals surface area (Å²) in [6.45, 7) is 3.03. The van der Waals surface area contributed by atoms with Crippen LogP contribution < -0.4 is 4.74 Å². The summed E-state index contributed by atoms with van der Waals surface area (Å²) in [6.07, 6.45) is 7.37. The standard InChI is InChI=1S/C18H25N3O/c1-20(9-7-16-12-19-21(2)14-16)13-15-8-10-22-18-6-4-3-5-17(18)11-15/h3-6,12,14-15H,7-11,13H2,1-2H3/t15-/m1/s1. The summed E-state index contributed by atoms with van der Waals surface area (Å²) in [5.41, 5.74) is 2.66. The molecule has 1 aliphatic heterocycles. The van der Waals surface area contributed by atoms with Gasteiger partial charge in [0.25, 0.3) is 0 Å². The third-order valence-corrected chi connectivity index (χ3v) is 4.38. The third-order valence-electron chi connectivity index (χ3n) is 4.38. The van der Waals surface area contributed by atoms with Crippen LogP contribution in [0.25, 0.3) is 0 Å². The van der Waals surface area contributed by atoms with E-state index in [1.54, 1.807) is 0 Å². The molecule has 0 bridgehead atoms. The number of nitrogens with zero attached hydrogens (tertiary/aromatic N) is 3. The Bertz CT molecular complexity index is 608. The van der Waals surface area contributed by atoms with Gasteiger partial charge in [0.2, 0.25) is 0 Å². The van der Waals surface area contributed by atoms with Crippen LogP contribution in [0.2, 0.25) is 0 Å². The van der Waals surface area contributed by atoms with Crippen molar-refractivity contribution in [1.29, 1.82) is 0 Å². The van der Waals surface area contributed by atoms with Crippen LogP contribution in [-0.2, 0) is 19.9 Å². The molecule has 2 aromatic rings. The molecular formula is C18H25N3O. The van der Waals surface area contributed by atoms with Crippen LogP contribution in [-0.4, -0.2) is 41.4 Å². The van der Waals surface area contributed by atoms with E-state index >= 15 is 0 Å². The van der Waals surface area contributed by atoms with Gasteiger partial charge in [0, 0.05) is 26.3 Å². The maximum absolute atomic E-state index is 5.86. The van der Waals surface area contributed by atoms with E-state index in [9.17, 15) is 0 Å². The average Bonchev–Trinajstić information content (AvgIpc) is 2.81. The molecule has 1 aromatic carbocycles. The normalized spacial score (nSPS) is 17.9. The number of hydrogen-bond acceptors (Lipinski definition) is 3. The second kappa shape index (κ2) is 6.97. The Morgan fingerprint density at radius 2 is 2.23 bits per heavy atom. The zero-order valence-corrected chi connectivity index (χ0v) is 13.5. The number of rotatable bonds is 5. The van der Waals surface area contributed by atoms with Crippen molar-refractivity contribution in [2.24, 2.45) is 13.0 Å². The van der Waals surface area contributed by atoms with Gasteiger partial charge < -0.3 is 9.64 Å². The smallest absolute Gasteiger partial charge is 0.122 e. The third kappa shape index (κ3) is 3.89. The summed E-state index contributed by atoms with van der Waals surface area (Å²) >= 11 is 0. The predicted octanol–water partition coefficient (Wildman–Crippen LogP) is 2.54. The molecule has 4 nitrogen and oxygen atoms in total. The van der Waals surface area contributed by atoms with Crippen molar-refractivity contribution in [3.63, 3.8) is 0 Å². The van der Waals surface area contributed by atoms with Crippen molar-refractivity contribution >= 4 is 0 Å². The molecule has 0 radical (unpaired) electrons. The van der Waals surface area contributed by atoms with Gasteiger partial charge in [0.15, 0.2) is 0 Å². The highest BCUT2D eigenvalue weighted by molar-refractivity contribution is 5.34. The Labute approximate surface area is 132 Å². The van der Waals surface area contributed by atoms with E-state index in [0.717, 1.165) is 44.7 Å². The summed E-state index contributed by atoms with van der Waals surface area (Å²) in [5.74, 6) is 1.74. The molecule has 3 rings (SSSR count). The van der Waals surface area contributed by atoms with E-state index in [2.05, 4.69) is 47.5 Å². The summed E-state index contributed by atoms with van der Waals surface area (Å²) in [6, 6.07) is 8.45. The van der Waals surface area contributed by atoms with Crippen molar-refractivity contribution in [2.75, 3.05) is 26.7 Å². The van der Waals surface area contributed by atoms with Crippen LogP contribution in [0.15, 0.2) is 36.7 Å². The molecular weight excluding hydrogens is 274 g/mol. The number of fused-ring (bicyclic) bond motifs is 1. The lowest BCUT2D eigenvalue weighted by Gasteiger charge is -2.22. The van der Waals surface area contributed by atoms with Gasteiger partial charge in [0.05, 0.1) is 12.8 Å². The Kier molecular flexibility index (Phi) is 4.78. The number of ether oxygens (including phenoxy) is 1. The van der Waals surface area contributed by atoms with E-state index < -0.39 is 0 Å². The SMILES string of the molecule is CN(CCc1cnn(C)c1)C[C@@H]1CCOc2ccccc2C1. The first-order chi connectivity index (χ1) is 10.7. The Morgan fingerprint density at radius 3 is 3.05 bits per heavy atom. The summed E-state index contributed by atoms with van der Waals surface area (Å²) < 4.78 is 7.73. The lowest BCUT2D eigenvalue weighted by molar-refractivity contribution is 0.241. The fourth-order valence-electron chi connectivity index (χ4n) is 3.17. The van der Waals surface area contributed by atoms with Crippen LogP contribution >= 0.6 is 0 Å². The highest BCUT2D eigenvalue weighted by Gasteiger charge is 2.18. The molecule has 0 saturated carbocycles. The number of likely N-dealkylation sites (N-methyl/N-ethyl adjacent to an activating group) is 1. The summed E-state index contributed by atoms with van der Waals surface area (Å²) in [7, 11) is 4.18. The van der Waals surface area contributed by atoms with Crippen molar-refractivity contribution in [1.82, 2.24) is 14.7 Å². The fraction of sp³-hybridized carbons (Fsp3) is 0.500. The highest BCUT2D eigenvalue weighted by Crippen LogP contribution is 2.26. The summed E-state index contributed by atoms with van der Waals surface area (Å²) in [4.78, 5) is 2.44. The Morgan fingerprint density at radius 1 is 1.36 bits per heavy atom. The van der Waals surface area contributed by atoms with Crippen molar-refractivity contribution in [3.05, 3.63) is 47.8 Å². The molecule has 0 saturated heterocycles. The Balaban J connectivity index is 1.52. The molecule has 0 amide bonds. The molecule has 0 fully saturated rings. The van der Waals surface area contributed by atoms with Gasteiger partial charge in [0.1, 0.15) is 5.75 Å². The highest BCUT2D eigenvalue weighted by atomic mass is 16.5. The zero-order valence-electron chi connectivity index (χ0n) is 13.5. The van der Waals surface area contributed by atoms with E-state index in [1.165, 1.54) is 11.1 Å². The molecule has 118 valence electrons. The number of benzene rings is 1. The van der Waals surface area contributed by atoms with E-state index in [-0.39, 0.29) is 0 Å². The molecule has 4 heteroatoms. The molecule has 22 heavy (non-hydrogen) atoms. The summed E-state index contributed by atoms with van der Waals surface area (Å²) in [5, 5.41) is 4.23.